The monoisotopic (exact) mass is 411 g/mol. The quantitative estimate of drug-likeness (QED) is 0.597. The molecule has 1 saturated heterocycles. The highest BCUT2D eigenvalue weighted by atomic mass is 32.2. The van der Waals surface area contributed by atoms with E-state index in [1.165, 1.54) is 19.2 Å². The van der Waals surface area contributed by atoms with E-state index in [2.05, 4.69) is 0 Å². The molecule has 1 saturated carbocycles. The average molecular weight is 411 g/mol. The van der Waals surface area contributed by atoms with Crippen molar-refractivity contribution in [1.82, 2.24) is 4.90 Å². The van der Waals surface area contributed by atoms with Gasteiger partial charge in [0, 0.05) is 12.1 Å². The van der Waals surface area contributed by atoms with Crippen LogP contribution in [0.1, 0.15) is 36.5 Å². The maximum atomic E-state index is 12.6. The molecule has 2 aliphatic rings. The van der Waals surface area contributed by atoms with E-state index < -0.39 is 22.4 Å². The maximum absolute atomic E-state index is 12.6. The first-order valence-corrected chi connectivity index (χ1v) is 11.2. The summed E-state index contributed by atoms with van der Waals surface area (Å²) >= 11 is 0. The largest absolute Gasteiger partial charge is 0.493 e. The lowest BCUT2D eigenvalue weighted by Gasteiger charge is -2.28. The van der Waals surface area contributed by atoms with Gasteiger partial charge in [-0.2, -0.15) is 0 Å². The number of amides is 1. The fourth-order valence-electron chi connectivity index (χ4n) is 3.41. The van der Waals surface area contributed by atoms with Gasteiger partial charge in [0.25, 0.3) is 5.91 Å². The summed E-state index contributed by atoms with van der Waals surface area (Å²) in [7, 11) is -1.59. The summed E-state index contributed by atoms with van der Waals surface area (Å²) in [4.78, 5) is 26.6. The van der Waals surface area contributed by atoms with E-state index in [-0.39, 0.29) is 35.1 Å². The highest BCUT2D eigenvalue weighted by Gasteiger charge is 2.42. The van der Waals surface area contributed by atoms with Crippen molar-refractivity contribution in [3.05, 3.63) is 23.8 Å². The van der Waals surface area contributed by atoms with Gasteiger partial charge in [0.15, 0.2) is 27.9 Å². The van der Waals surface area contributed by atoms with Gasteiger partial charge in [-0.1, -0.05) is 0 Å². The first kappa shape index (κ1) is 20.4. The molecule has 2 fully saturated rings. The van der Waals surface area contributed by atoms with Crippen LogP contribution in [-0.2, 0) is 19.4 Å². The number of hydrogen-bond acceptors (Lipinski definition) is 7. The zero-order valence-corrected chi connectivity index (χ0v) is 16.9. The van der Waals surface area contributed by atoms with E-state index in [4.69, 9.17) is 14.2 Å². The van der Waals surface area contributed by atoms with Gasteiger partial charge in [-0.15, -0.1) is 0 Å². The summed E-state index contributed by atoms with van der Waals surface area (Å²) in [5, 5.41) is 0. The molecule has 0 N–H and O–H groups in total. The Morgan fingerprint density at radius 2 is 1.89 bits per heavy atom. The smallest absolute Gasteiger partial charge is 0.338 e. The van der Waals surface area contributed by atoms with E-state index in [0.717, 1.165) is 12.8 Å². The number of sulfone groups is 1. The van der Waals surface area contributed by atoms with E-state index in [9.17, 15) is 18.0 Å². The number of methoxy groups -OCH3 is 1. The molecule has 1 aliphatic carbocycles. The number of carbonyl (C=O) groups is 2. The van der Waals surface area contributed by atoms with Gasteiger partial charge in [-0.25, -0.2) is 13.2 Å². The molecule has 0 spiro atoms. The molecule has 154 valence electrons. The SMILES string of the molecule is CCOc1cc(C(=O)OCC(=O)N(C2CC2)[C@H]2CCS(=O)(=O)C2)ccc1OC. The Hall–Kier alpha value is -2.29. The molecule has 3 rings (SSSR count). The molecule has 1 atom stereocenters. The second kappa shape index (κ2) is 8.38. The summed E-state index contributed by atoms with van der Waals surface area (Å²) < 4.78 is 39.3. The minimum absolute atomic E-state index is 0.0145. The van der Waals surface area contributed by atoms with Crippen molar-refractivity contribution in [3.63, 3.8) is 0 Å². The van der Waals surface area contributed by atoms with Crippen LogP contribution in [0.25, 0.3) is 0 Å². The summed E-state index contributed by atoms with van der Waals surface area (Å²) in [6.45, 7) is 1.81. The molecule has 0 bridgehead atoms. The van der Waals surface area contributed by atoms with E-state index >= 15 is 0 Å². The summed E-state index contributed by atoms with van der Waals surface area (Å²) in [6, 6.07) is 4.38. The molecule has 1 amide bonds. The van der Waals surface area contributed by atoms with Crippen LogP contribution in [0.5, 0.6) is 11.5 Å². The predicted octanol–water partition coefficient (Wildman–Crippen LogP) is 1.43. The summed E-state index contributed by atoms with van der Waals surface area (Å²) in [5.74, 6) is 0.000890. The number of esters is 1. The molecule has 9 heteroatoms. The van der Waals surface area contributed by atoms with Gasteiger partial charge in [-0.05, 0) is 44.4 Å². The van der Waals surface area contributed by atoms with Crippen LogP contribution in [0.3, 0.4) is 0 Å². The second-order valence-electron chi connectivity index (χ2n) is 6.96. The van der Waals surface area contributed by atoms with Crippen LogP contribution in [0.4, 0.5) is 0 Å². The van der Waals surface area contributed by atoms with Gasteiger partial charge >= 0.3 is 5.97 Å². The number of rotatable bonds is 8. The van der Waals surface area contributed by atoms with Crippen molar-refractivity contribution in [3.8, 4) is 11.5 Å². The van der Waals surface area contributed by atoms with Gasteiger partial charge in [0.1, 0.15) is 0 Å². The first-order valence-electron chi connectivity index (χ1n) is 9.34. The van der Waals surface area contributed by atoms with Crippen LogP contribution in [0.2, 0.25) is 0 Å². The van der Waals surface area contributed by atoms with Crippen LogP contribution in [-0.4, -0.2) is 69.1 Å². The van der Waals surface area contributed by atoms with Gasteiger partial charge in [0.2, 0.25) is 0 Å². The fraction of sp³-hybridized carbons (Fsp3) is 0.579. The Bertz CT molecular complexity index is 848. The second-order valence-corrected chi connectivity index (χ2v) is 9.19. The molecule has 0 unspecified atom stereocenters. The Balaban J connectivity index is 1.63. The van der Waals surface area contributed by atoms with Crippen molar-refractivity contribution in [2.24, 2.45) is 0 Å². The lowest BCUT2D eigenvalue weighted by molar-refractivity contribution is -0.137. The Labute approximate surface area is 164 Å². The van der Waals surface area contributed by atoms with E-state index in [1.54, 1.807) is 11.0 Å². The molecule has 1 aromatic rings. The highest BCUT2D eigenvalue weighted by Crippen LogP contribution is 2.32. The van der Waals surface area contributed by atoms with Crippen molar-refractivity contribution < 1.29 is 32.2 Å². The summed E-state index contributed by atoms with van der Waals surface area (Å²) in [6.07, 6.45) is 2.15. The molecule has 1 aromatic carbocycles. The summed E-state index contributed by atoms with van der Waals surface area (Å²) in [5.41, 5.74) is 0.249. The average Bonchev–Trinajstić information content (AvgIpc) is 3.43. The van der Waals surface area contributed by atoms with E-state index in [1.807, 2.05) is 6.92 Å². The molecule has 1 aliphatic heterocycles. The van der Waals surface area contributed by atoms with Crippen molar-refractivity contribution >= 4 is 21.7 Å². The standard InChI is InChI=1S/C19H25NO7S/c1-3-26-17-10-13(4-7-16(17)25-2)19(22)27-11-18(21)20(14-5-6-14)15-8-9-28(23,24)12-15/h4,7,10,14-15H,3,5-6,8-9,11-12H2,1-2H3/t15-/m0/s1. The number of carbonyl (C=O) groups excluding carboxylic acids is 2. The van der Waals surface area contributed by atoms with Crippen LogP contribution < -0.4 is 9.47 Å². The zero-order chi connectivity index (χ0) is 20.3. The van der Waals surface area contributed by atoms with Gasteiger partial charge in [0.05, 0.1) is 30.8 Å². The lowest BCUT2D eigenvalue weighted by Crippen LogP contribution is -2.44. The highest BCUT2D eigenvalue weighted by molar-refractivity contribution is 7.91. The molecular weight excluding hydrogens is 386 g/mol. The van der Waals surface area contributed by atoms with Crippen molar-refractivity contribution in [1.29, 1.82) is 0 Å². The third-order valence-electron chi connectivity index (χ3n) is 4.86. The maximum Gasteiger partial charge on any atom is 0.338 e. The van der Waals surface area contributed by atoms with Crippen LogP contribution in [0.15, 0.2) is 18.2 Å². The number of ether oxygens (including phenoxy) is 3. The minimum Gasteiger partial charge on any atom is -0.493 e. The lowest BCUT2D eigenvalue weighted by atomic mass is 10.2. The number of benzene rings is 1. The molecule has 28 heavy (non-hydrogen) atoms. The van der Waals surface area contributed by atoms with E-state index in [0.29, 0.717) is 24.5 Å². The van der Waals surface area contributed by atoms with Gasteiger partial charge < -0.3 is 19.1 Å². The van der Waals surface area contributed by atoms with Crippen molar-refractivity contribution in [2.75, 3.05) is 31.8 Å². The predicted molar refractivity (Wildman–Crippen MR) is 101 cm³/mol. The topological polar surface area (TPSA) is 99.2 Å². The third kappa shape index (κ3) is 4.76. The third-order valence-corrected chi connectivity index (χ3v) is 6.61. The van der Waals surface area contributed by atoms with Crippen molar-refractivity contribution in [2.45, 2.75) is 38.3 Å². The number of nitrogens with zero attached hydrogens (tertiary/aromatic N) is 1. The minimum atomic E-state index is -3.10. The fourth-order valence-corrected chi connectivity index (χ4v) is 5.12. The van der Waals surface area contributed by atoms with Crippen LogP contribution in [0, 0.1) is 0 Å². The van der Waals surface area contributed by atoms with Gasteiger partial charge in [-0.3, -0.25) is 4.79 Å². The normalized spacial score (nSPS) is 20.4. The molecule has 1 heterocycles. The molecule has 8 nitrogen and oxygen atoms in total. The Kier molecular flexibility index (Phi) is 6.12. The Morgan fingerprint density at radius 3 is 2.46 bits per heavy atom. The Morgan fingerprint density at radius 1 is 1.14 bits per heavy atom. The molecule has 0 aromatic heterocycles. The first-order chi connectivity index (χ1) is 13.3. The number of hydrogen-bond donors (Lipinski definition) is 0. The van der Waals surface area contributed by atoms with Crippen LogP contribution >= 0.6 is 0 Å². The molecule has 0 radical (unpaired) electrons. The zero-order valence-electron chi connectivity index (χ0n) is 16.0. The molecular formula is C19H25NO7S.